The topological polar surface area (TPSA) is 47.3 Å². The Hall–Kier alpha value is -2.04. The number of hydrogen-bond donors (Lipinski definition) is 0. The van der Waals surface area contributed by atoms with Gasteiger partial charge in [0.2, 0.25) is 5.92 Å². The molecule has 1 aliphatic rings. The first kappa shape index (κ1) is 16.8. The molecule has 2 aromatic rings. The van der Waals surface area contributed by atoms with E-state index in [2.05, 4.69) is 0 Å². The minimum Gasteiger partial charge on any atom is -0.459 e. The summed E-state index contributed by atoms with van der Waals surface area (Å²) in [4.78, 5) is 24.6. The zero-order valence-corrected chi connectivity index (χ0v) is 14.0. The normalized spacial score (nSPS) is 18.0. The van der Waals surface area contributed by atoms with E-state index < -0.39 is 5.92 Å². The number of Topliss-reactive ketones (excluding diaryl/α,β-unsaturated/α-hetero) is 1. The molecule has 1 fully saturated rings. The van der Waals surface area contributed by atoms with Gasteiger partial charge in [-0.1, -0.05) is 0 Å². The molecule has 0 radical (unpaired) electrons. The molecule has 0 bridgehead atoms. The minimum absolute atomic E-state index is 0.183. The lowest BCUT2D eigenvalue weighted by Crippen LogP contribution is -2.25. The maximum Gasteiger partial charge on any atom is 0.248 e. The van der Waals surface area contributed by atoms with Crippen molar-refractivity contribution in [2.75, 3.05) is 0 Å². The first-order chi connectivity index (χ1) is 11.2. The lowest BCUT2D eigenvalue weighted by Gasteiger charge is -2.28. The van der Waals surface area contributed by atoms with Crippen LogP contribution in [-0.4, -0.2) is 11.7 Å². The summed E-state index contributed by atoms with van der Waals surface area (Å²) in [7, 11) is 0. The van der Waals surface area contributed by atoms with Gasteiger partial charge in [-0.15, -0.1) is 0 Å². The van der Waals surface area contributed by atoms with Gasteiger partial charge in [-0.05, 0) is 51.3 Å². The molecule has 1 aromatic carbocycles. The molecule has 0 aliphatic heterocycles. The van der Waals surface area contributed by atoms with Gasteiger partial charge < -0.3 is 4.42 Å². The highest BCUT2D eigenvalue weighted by atomic mass is 19.3. The number of hydrogen-bond acceptors (Lipinski definition) is 3. The third-order valence-electron chi connectivity index (χ3n) is 4.87. The van der Waals surface area contributed by atoms with E-state index in [1.165, 1.54) is 6.92 Å². The summed E-state index contributed by atoms with van der Waals surface area (Å²) in [5.74, 6) is -2.57. The summed E-state index contributed by atoms with van der Waals surface area (Å²) in [5.41, 5.74) is 1.72. The predicted octanol–water partition coefficient (Wildman–Crippen LogP) is 4.91. The zero-order chi connectivity index (χ0) is 17.6. The Morgan fingerprint density at radius 3 is 2.42 bits per heavy atom. The highest BCUT2D eigenvalue weighted by Crippen LogP contribution is 2.42. The average molecular weight is 334 g/mol. The van der Waals surface area contributed by atoms with Gasteiger partial charge in [-0.25, -0.2) is 8.78 Å². The third-order valence-corrected chi connectivity index (χ3v) is 4.87. The number of rotatable bonds is 2. The van der Waals surface area contributed by atoms with Crippen LogP contribution in [0.25, 0.3) is 11.0 Å². The van der Waals surface area contributed by atoms with Crippen molar-refractivity contribution in [3.05, 3.63) is 44.8 Å². The summed E-state index contributed by atoms with van der Waals surface area (Å²) in [5, 5.41) is 0.377. The van der Waals surface area contributed by atoms with E-state index in [1.54, 1.807) is 19.1 Å². The van der Waals surface area contributed by atoms with E-state index >= 15 is 0 Å². The van der Waals surface area contributed by atoms with Crippen LogP contribution in [0, 0.1) is 13.8 Å². The predicted molar refractivity (Wildman–Crippen MR) is 88.1 cm³/mol. The van der Waals surface area contributed by atoms with Gasteiger partial charge in [-0.2, -0.15) is 0 Å². The second kappa shape index (κ2) is 5.80. The molecule has 0 spiro atoms. The third kappa shape index (κ3) is 2.87. The standard InChI is InChI=1S/C19H20F2O3/c1-10-8-14(12(3)22)18-15(9-10)16(23)11(2)17(24-18)13-4-6-19(20,21)7-5-13/h8-9,13H,4-7H2,1-3H3. The molecule has 0 unspecified atom stereocenters. The number of benzene rings is 1. The van der Waals surface area contributed by atoms with Crippen molar-refractivity contribution >= 4 is 16.8 Å². The van der Waals surface area contributed by atoms with Gasteiger partial charge in [-0.3, -0.25) is 9.59 Å². The SMILES string of the molecule is CC(=O)c1cc(C)cc2c(=O)c(C)c(C3CCC(F)(F)CC3)oc12. The molecule has 3 rings (SSSR count). The molecule has 24 heavy (non-hydrogen) atoms. The Labute approximate surface area is 138 Å². The minimum atomic E-state index is -2.64. The van der Waals surface area contributed by atoms with Crippen molar-refractivity contribution in [2.45, 2.75) is 58.3 Å². The van der Waals surface area contributed by atoms with Crippen molar-refractivity contribution in [1.82, 2.24) is 0 Å². The summed E-state index contributed by atoms with van der Waals surface area (Å²) in [6.45, 7) is 4.91. The molecule has 5 heteroatoms. The molecular formula is C19H20F2O3. The van der Waals surface area contributed by atoms with Gasteiger partial charge in [0.05, 0.1) is 10.9 Å². The Morgan fingerprint density at radius 2 is 1.83 bits per heavy atom. The quantitative estimate of drug-likeness (QED) is 0.734. The number of ketones is 1. The Bertz CT molecular complexity index is 870. The molecule has 3 nitrogen and oxygen atoms in total. The van der Waals surface area contributed by atoms with Crippen molar-refractivity contribution in [3.63, 3.8) is 0 Å². The number of carbonyl (C=O) groups is 1. The lowest BCUT2D eigenvalue weighted by atomic mass is 9.83. The Morgan fingerprint density at radius 1 is 1.21 bits per heavy atom. The van der Waals surface area contributed by atoms with Crippen molar-refractivity contribution < 1.29 is 18.0 Å². The Balaban J connectivity index is 2.18. The van der Waals surface area contributed by atoms with Gasteiger partial charge >= 0.3 is 0 Å². The average Bonchev–Trinajstić information content (AvgIpc) is 2.51. The highest BCUT2D eigenvalue weighted by molar-refractivity contribution is 6.05. The molecule has 1 saturated carbocycles. The lowest BCUT2D eigenvalue weighted by molar-refractivity contribution is -0.0395. The second-order valence-corrected chi connectivity index (χ2v) is 6.80. The van der Waals surface area contributed by atoms with E-state index in [1.807, 2.05) is 6.92 Å². The van der Waals surface area contributed by atoms with E-state index in [-0.39, 0.29) is 48.4 Å². The molecule has 0 atom stereocenters. The largest absolute Gasteiger partial charge is 0.459 e. The fourth-order valence-electron chi connectivity index (χ4n) is 3.51. The molecule has 1 aliphatic carbocycles. The van der Waals surface area contributed by atoms with Crippen LogP contribution in [0.15, 0.2) is 21.3 Å². The Kier molecular flexibility index (Phi) is 4.06. The van der Waals surface area contributed by atoms with Crippen LogP contribution in [0.2, 0.25) is 0 Å². The number of fused-ring (bicyclic) bond motifs is 1. The molecule has 0 saturated heterocycles. The molecule has 0 N–H and O–H groups in total. The van der Waals surface area contributed by atoms with Crippen molar-refractivity contribution in [3.8, 4) is 0 Å². The summed E-state index contributed by atoms with van der Waals surface area (Å²) < 4.78 is 32.8. The van der Waals surface area contributed by atoms with Crippen LogP contribution >= 0.6 is 0 Å². The first-order valence-electron chi connectivity index (χ1n) is 8.16. The maximum absolute atomic E-state index is 13.4. The first-order valence-corrected chi connectivity index (χ1v) is 8.16. The number of alkyl halides is 2. The number of carbonyl (C=O) groups excluding carboxylic acids is 1. The fourth-order valence-corrected chi connectivity index (χ4v) is 3.51. The van der Waals surface area contributed by atoms with E-state index in [4.69, 9.17) is 4.42 Å². The monoisotopic (exact) mass is 334 g/mol. The van der Waals surface area contributed by atoms with Gasteiger partial charge in [0.15, 0.2) is 11.2 Å². The number of aryl methyl sites for hydroxylation is 1. The smallest absolute Gasteiger partial charge is 0.248 e. The number of halogens is 2. The van der Waals surface area contributed by atoms with E-state index in [0.717, 1.165) is 5.56 Å². The summed E-state index contributed by atoms with van der Waals surface area (Å²) in [6.07, 6.45) is 0.158. The van der Waals surface area contributed by atoms with Crippen LogP contribution in [0.1, 0.15) is 65.8 Å². The maximum atomic E-state index is 13.4. The van der Waals surface area contributed by atoms with Gasteiger partial charge in [0.25, 0.3) is 0 Å². The second-order valence-electron chi connectivity index (χ2n) is 6.80. The molecular weight excluding hydrogens is 314 g/mol. The molecule has 1 aromatic heterocycles. The molecule has 128 valence electrons. The van der Waals surface area contributed by atoms with Crippen LogP contribution < -0.4 is 5.43 Å². The molecule has 0 amide bonds. The van der Waals surface area contributed by atoms with Gasteiger partial charge in [0, 0.05) is 24.3 Å². The highest BCUT2D eigenvalue weighted by Gasteiger charge is 2.37. The van der Waals surface area contributed by atoms with Crippen molar-refractivity contribution in [1.29, 1.82) is 0 Å². The van der Waals surface area contributed by atoms with Crippen LogP contribution in [-0.2, 0) is 0 Å². The van der Waals surface area contributed by atoms with Crippen LogP contribution in [0.4, 0.5) is 8.78 Å². The van der Waals surface area contributed by atoms with Crippen LogP contribution in [0.3, 0.4) is 0 Å². The van der Waals surface area contributed by atoms with E-state index in [9.17, 15) is 18.4 Å². The fraction of sp³-hybridized carbons (Fsp3) is 0.474. The molecule has 1 heterocycles. The van der Waals surface area contributed by atoms with Gasteiger partial charge in [0.1, 0.15) is 11.3 Å². The van der Waals surface area contributed by atoms with Crippen molar-refractivity contribution in [2.24, 2.45) is 0 Å². The summed E-state index contributed by atoms with van der Waals surface area (Å²) >= 11 is 0. The zero-order valence-electron chi connectivity index (χ0n) is 14.0. The summed E-state index contributed by atoms with van der Waals surface area (Å²) in [6, 6.07) is 3.40. The van der Waals surface area contributed by atoms with E-state index in [0.29, 0.717) is 22.3 Å². The van der Waals surface area contributed by atoms with Crippen LogP contribution in [0.5, 0.6) is 0 Å².